The van der Waals surface area contributed by atoms with Gasteiger partial charge in [-0.2, -0.15) is 13.2 Å². The number of ketones is 1. The van der Waals surface area contributed by atoms with Crippen LogP contribution in [0.3, 0.4) is 0 Å². The molecule has 1 N–H and O–H groups in total. The van der Waals surface area contributed by atoms with Gasteiger partial charge in [0.15, 0.2) is 0 Å². The van der Waals surface area contributed by atoms with E-state index in [0.29, 0.717) is 11.4 Å². The fourth-order valence-corrected chi connectivity index (χ4v) is 4.32. The summed E-state index contributed by atoms with van der Waals surface area (Å²) in [4.78, 5) is 31.0. The minimum absolute atomic E-state index is 0.0145. The van der Waals surface area contributed by atoms with Gasteiger partial charge < -0.3 is 10.2 Å². The number of pyridine rings is 1. The molecular formula is C22H23F3N4O4S. The molecule has 12 heteroatoms. The second-order valence-electron chi connectivity index (χ2n) is 8.65. The Hall–Kier alpha value is -3.15. The number of carbonyl (C=O) groups is 2. The first-order chi connectivity index (χ1) is 15.8. The van der Waals surface area contributed by atoms with Gasteiger partial charge in [0.1, 0.15) is 5.78 Å². The maximum Gasteiger partial charge on any atom is 0.416 e. The SMILES string of the molecule is CN1Cc2nc(CC(=O)C3CC3)cc(Nc3ccc(C(F)(F)F)cc3N(C)S(C)(=O)=O)c2C1=O. The van der Waals surface area contributed by atoms with Crippen molar-refractivity contribution in [3.8, 4) is 0 Å². The van der Waals surface area contributed by atoms with Crippen molar-refractivity contribution >= 4 is 38.8 Å². The van der Waals surface area contributed by atoms with Crippen LogP contribution >= 0.6 is 0 Å². The first kappa shape index (κ1) is 24.0. The number of anilines is 3. The van der Waals surface area contributed by atoms with E-state index in [4.69, 9.17) is 0 Å². The smallest absolute Gasteiger partial charge is 0.353 e. The number of hydrogen-bond acceptors (Lipinski definition) is 6. The minimum Gasteiger partial charge on any atom is -0.353 e. The summed E-state index contributed by atoms with van der Waals surface area (Å²) < 4.78 is 65.0. The van der Waals surface area contributed by atoms with Crippen molar-refractivity contribution in [3.63, 3.8) is 0 Å². The zero-order chi connectivity index (χ0) is 25.0. The third-order valence-electron chi connectivity index (χ3n) is 5.91. The molecule has 1 saturated carbocycles. The van der Waals surface area contributed by atoms with Crippen LogP contribution in [-0.2, 0) is 34.0 Å². The number of alkyl halides is 3. The average Bonchev–Trinajstić information content (AvgIpc) is 3.53. The fourth-order valence-electron chi connectivity index (χ4n) is 3.81. The summed E-state index contributed by atoms with van der Waals surface area (Å²) in [7, 11) is -1.17. The molecule has 1 aliphatic heterocycles. The molecule has 0 radical (unpaired) electrons. The van der Waals surface area contributed by atoms with Crippen molar-refractivity contribution in [1.29, 1.82) is 0 Å². The molecule has 1 aromatic heterocycles. The highest BCUT2D eigenvalue weighted by Crippen LogP contribution is 2.39. The summed E-state index contributed by atoms with van der Waals surface area (Å²) >= 11 is 0. The summed E-state index contributed by atoms with van der Waals surface area (Å²) in [5.41, 5.74) is 0.162. The molecule has 0 saturated heterocycles. The Morgan fingerprint density at radius 1 is 1.24 bits per heavy atom. The van der Waals surface area contributed by atoms with Gasteiger partial charge in [-0.15, -0.1) is 0 Å². The van der Waals surface area contributed by atoms with Gasteiger partial charge in [-0.05, 0) is 37.1 Å². The lowest BCUT2D eigenvalue weighted by molar-refractivity contribution is -0.137. The highest BCUT2D eigenvalue weighted by atomic mass is 32.2. The fraction of sp³-hybridized carbons (Fsp3) is 0.409. The van der Waals surface area contributed by atoms with Crippen LogP contribution in [0.25, 0.3) is 0 Å². The lowest BCUT2D eigenvalue weighted by Crippen LogP contribution is -2.26. The monoisotopic (exact) mass is 496 g/mol. The maximum absolute atomic E-state index is 13.3. The predicted molar refractivity (Wildman–Crippen MR) is 119 cm³/mol. The molecular weight excluding hydrogens is 473 g/mol. The molecule has 1 fully saturated rings. The van der Waals surface area contributed by atoms with E-state index in [1.54, 1.807) is 7.05 Å². The Morgan fingerprint density at radius 2 is 1.91 bits per heavy atom. The van der Waals surface area contributed by atoms with Crippen molar-refractivity contribution in [1.82, 2.24) is 9.88 Å². The molecule has 182 valence electrons. The summed E-state index contributed by atoms with van der Waals surface area (Å²) in [5, 5.41) is 2.94. The Balaban J connectivity index is 1.80. The number of amides is 1. The van der Waals surface area contributed by atoms with E-state index in [1.165, 1.54) is 11.0 Å². The van der Waals surface area contributed by atoms with Crippen LogP contribution in [0.1, 0.15) is 40.2 Å². The van der Waals surface area contributed by atoms with Gasteiger partial charge >= 0.3 is 6.18 Å². The molecule has 8 nitrogen and oxygen atoms in total. The van der Waals surface area contributed by atoms with E-state index in [0.717, 1.165) is 48.6 Å². The molecule has 0 atom stereocenters. The second-order valence-corrected chi connectivity index (χ2v) is 10.7. The van der Waals surface area contributed by atoms with E-state index in [1.807, 2.05) is 0 Å². The number of carbonyl (C=O) groups excluding carboxylic acids is 2. The van der Waals surface area contributed by atoms with Crippen molar-refractivity contribution in [2.75, 3.05) is 30.0 Å². The third-order valence-corrected chi connectivity index (χ3v) is 7.11. The van der Waals surface area contributed by atoms with E-state index < -0.39 is 21.8 Å². The number of fused-ring (bicyclic) bond motifs is 1. The van der Waals surface area contributed by atoms with Gasteiger partial charge in [0, 0.05) is 26.4 Å². The number of halogens is 3. The van der Waals surface area contributed by atoms with Crippen LogP contribution in [0.2, 0.25) is 0 Å². The maximum atomic E-state index is 13.3. The van der Waals surface area contributed by atoms with Gasteiger partial charge in [-0.25, -0.2) is 8.42 Å². The highest BCUT2D eigenvalue weighted by molar-refractivity contribution is 7.92. The molecule has 1 aromatic carbocycles. The lowest BCUT2D eigenvalue weighted by atomic mass is 10.1. The molecule has 4 rings (SSSR count). The van der Waals surface area contributed by atoms with E-state index in [2.05, 4.69) is 10.3 Å². The molecule has 1 amide bonds. The van der Waals surface area contributed by atoms with Crippen LogP contribution < -0.4 is 9.62 Å². The summed E-state index contributed by atoms with van der Waals surface area (Å²) in [6, 6.07) is 4.20. The summed E-state index contributed by atoms with van der Waals surface area (Å²) in [6.07, 6.45) is -2.06. The predicted octanol–water partition coefficient (Wildman–Crippen LogP) is 3.35. The zero-order valence-corrected chi connectivity index (χ0v) is 19.5. The normalized spacial score (nSPS) is 15.9. The Bertz CT molecular complexity index is 1290. The van der Waals surface area contributed by atoms with Gasteiger partial charge in [0.25, 0.3) is 5.91 Å². The topological polar surface area (TPSA) is 99.7 Å². The number of nitrogens with zero attached hydrogens (tertiary/aromatic N) is 3. The van der Waals surface area contributed by atoms with Crippen LogP contribution in [0.15, 0.2) is 24.3 Å². The zero-order valence-electron chi connectivity index (χ0n) is 18.7. The number of Topliss-reactive ketones (excluding diaryl/α,β-unsaturated/α-hetero) is 1. The molecule has 1 aliphatic carbocycles. The van der Waals surface area contributed by atoms with E-state index in [-0.39, 0.29) is 53.2 Å². The number of benzene rings is 1. The standard InChI is InChI=1S/C22H23F3N4O4S/c1-28-11-17-20(21(28)31)16(9-14(26-17)10-19(30)12-4-5-12)27-15-7-6-13(22(23,24)25)8-18(15)29(2)34(3,32)33/h6-9,12H,4-5,10-11H2,1-3H3,(H,26,27). The lowest BCUT2D eigenvalue weighted by Gasteiger charge is -2.23. The second kappa shape index (κ2) is 8.26. The first-order valence-corrected chi connectivity index (χ1v) is 12.3. The largest absolute Gasteiger partial charge is 0.416 e. The van der Waals surface area contributed by atoms with Gasteiger partial charge in [0.05, 0.1) is 52.4 Å². The molecule has 34 heavy (non-hydrogen) atoms. The van der Waals surface area contributed by atoms with Crippen molar-refractivity contribution in [2.45, 2.75) is 32.0 Å². The van der Waals surface area contributed by atoms with E-state index >= 15 is 0 Å². The number of rotatable bonds is 7. The Morgan fingerprint density at radius 3 is 2.50 bits per heavy atom. The summed E-state index contributed by atoms with van der Waals surface area (Å²) in [6.45, 7) is 0.220. The third kappa shape index (κ3) is 4.72. The van der Waals surface area contributed by atoms with Gasteiger partial charge in [-0.1, -0.05) is 0 Å². The van der Waals surface area contributed by atoms with Crippen molar-refractivity contribution in [2.24, 2.45) is 5.92 Å². The molecule has 0 spiro atoms. The number of aromatic nitrogens is 1. The average molecular weight is 497 g/mol. The Labute approximate surface area is 194 Å². The molecule has 0 bridgehead atoms. The van der Waals surface area contributed by atoms with Gasteiger partial charge in [0.2, 0.25) is 10.0 Å². The molecule has 2 aromatic rings. The summed E-state index contributed by atoms with van der Waals surface area (Å²) in [5.74, 6) is -0.279. The van der Waals surface area contributed by atoms with Crippen LogP contribution in [-0.4, -0.2) is 50.3 Å². The van der Waals surface area contributed by atoms with E-state index in [9.17, 15) is 31.2 Å². The van der Waals surface area contributed by atoms with Crippen LogP contribution in [0.5, 0.6) is 0 Å². The Kier molecular flexibility index (Phi) is 5.83. The molecule has 0 unspecified atom stereocenters. The van der Waals surface area contributed by atoms with Crippen molar-refractivity contribution in [3.05, 3.63) is 46.8 Å². The van der Waals surface area contributed by atoms with Crippen LogP contribution in [0.4, 0.5) is 30.2 Å². The van der Waals surface area contributed by atoms with Crippen LogP contribution in [0, 0.1) is 5.92 Å². The first-order valence-electron chi connectivity index (χ1n) is 10.5. The molecule has 2 heterocycles. The quantitative estimate of drug-likeness (QED) is 0.631. The number of sulfonamides is 1. The minimum atomic E-state index is -4.68. The van der Waals surface area contributed by atoms with Crippen molar-refractivity contribution < 1.29 is 31.2 Å². The van der Waals surface area contributed by atoms with Gasteiger partial charge in [-0.3, -0.25) is 18.9 Å². The highest BCUT2D eigenvalue weighted by Gasteiger charge is 2.34. The molecule has 2 aliphatic rings. The number of nitrogens with one attached hydrogen (secondary N) is 1. The number of hydrogen-bond donors (Lipinski definition) is 1.